The molecule has 0 aliphatic rings. The van der Waals surface area contributed by atoms with Crippen molar-refractivity contribution in [2.45, 2.75) is 25.7 Å². The summed E-state index contributed by atoms with van der Waals surface area (Å²) in [5, 5.41) is 0. The van der Waals surface area contributed by atoms with Crippen molar-refractivity contribution in [1.82, 2.24) is 0 Å². The molecule has 5 heteroatoms. The van der Waals surface area contributed by atoms with Crippen molar-refractivity contribution in [3.05, 3.63) is 58.7 Å². The Bertz CT molecular complexity index is 743. The van der Waals surface area contributed by atoms with Gasteiger partial charge in [-0.25, -0.2) is 0 Å². The van der Waals surface area contributed by atoms with Crippen LogP contribution < -0.4 is 4.74 Å². The number of hydrogen-bond donors (Lipinski definition) is 0. The topological polar surface area (TPSA) is 52.6 Å². The third-order valence-electron chi connectivity index (χ3n) is 3.74. The van der Waals surface area contributed by atoms with Crippen LogP contribution in [0.2, 0.25) is 0 Å². The molecule has 0 atom stereocenters. The molecule has 0 saturated heterocycles. The third-order valence-corrected chi connectivity index (χ3v) is 4.72. The van der Waals surface area contributed by atoms with E-state index in [2.05, 4.69) is 0 Å². The van der Waals surface area contributed by atoms with E-state index in [4.69, 9.17) is 9.47 Å². The molecule has 0 fully saturated rings. The number of Topliss-reactive ketones (excluding diaryl/α,β-unsaturated/α-hetero) is 1. The number of ketones is 1. The molecule has 0 amide bonds. The predicted molar refractivity (Wildman–Crippen MR) is 99.7 cm³/mol. The van der Waals surface area contributed by atoms with E-state index in [0.717, 1.165) is 27.3 Å². The fourth-order valence-electron chi connectivity index (χ4n) is 2.69. The average Bonchev–Trinajstić information content (AvgIpc) is 2.57. The molecule has 0 aliphatic carbocycles. The summed E-state index contributed by atoms with van der Waals surface area (Å²) >= 11 is 1.36. The number of benzene rings is 2. The van der Waals surface area contributed by atoms with Crippen molar-refractivity contribution < 1.29 is 19.1 Å². The fraction of sp³-hybridized carbons (Fsp3) is 0.300. The van der Waals surface area contributed by atoms with Gasteiger partial charge in [-0.2, -0.15) is 0 Å². The Morgan fingerprint density at radius 2 is 1.60 bits per heavy atom. The number of rotatable bonds is 7. The number of aryl methyl sites for hydroxylation is 3. The quantitative estimate of drug-likeness (QED) is 0.423. The van der Waals surface area contributed by atoms with Crippen LogP contribution in [-0.4, -0.2) is 31.2 Å². The van der Waals surface area contributed by atoms with E-state index < -0.39 is 5.97 Å². The van der Waals surface area contributed by atoms with Gasteiger partial charge in [0, 0.05) is 10.5 Å². The Hall–Kier alpha value is -2.27. The van der Waals surface area contributed by atoms with Gasteiger partial charge in [-0.05, 0) is 56.2 Å². The zero-order chi connectivity index (χ0) is 18.4. The summed E-state index contributed by atoms with van der Waals surface area (Å²) in [6.07, 6.45) is 0. The average molecular weight is 358 g/mol. The third kappa shape index (κ3) is 5.36. The summed E-state index contributed by atoms with van der Waals surface area (Å²) in [6, 6.07) is 11.3. The second-order valence-corrected chi connectivity index (χ2v) is 6.87. The van der Waals surface area contributed by atoms with Crippen LogP contribution in [0.3, 0.4) is 0 Å². The number of thioether (sulfide) groups is 1. The number of carbonyl (C=O) groups excluding carboxylic acids is 2. The minimum Gasteiger partial charge on any atom is -0.497 e. The van der Waals surface area contributed by atoms with E-state index in [9.17, 15) is 9.59 Å². The van der Waals surface area contributed by atoms with Crippen LogP contribution in [0.15, 0.2) is 41.3 Å². The van der Waals surface area contributed by atoms with Gasteiger partial charge in [0.25, 0.3) is 0 Å². The molecule has 2 aromatic rings. The highest BCUT2D eigenvalue weighted by Crippen LogP contribution is 2.21. The molecule has 0 radical (unpaired) electrons. The van der Waals surface area contributed by atoms with Gasteiger partial charge in [0.15, 0.2) is 6.61 Å². The van der Waals surface area contributed by atoms with E-state index in [1.165, 1.54) is 11.8 Å². The van der Waals surface area contributed by atoms with Crippen molar-refractivity contribution >= 4 is 23.5 Å². The lowest BCUT2D eigenvalue weighted by molar-refractivity contribution is -0.139. The van der Waals surface area contributed by atoms with Crippen LogP contribution in [0.1, 0.15) is 27.0 Å². The van der Waals surface area contributed by atoms with E-state index in [0.29, 0.717) is 5.56 Å². The summed E-state index contributed by atoms with van der Waals surface area (Å²) < 4.78 is 10.2. The van der Waals surface area contributed by atoms with E-state index in [-0.39, 0.29) is 18.1 Å². The lowest BCUT2D eigenvalue weighted by Crippen LogP contribution is -2.17. The van der Waals surface area contributed by atoms with Crippen molar-refractivity contribution in [3.8, 4) is 5.75 Å². The number of methoxy groups -OCH3 is 1. The van der Waals surface area contributed by atoms with Crippen LogP contribution in [0, 0.1) is 20.8 Å². The summed E-state index contributed by atoms with van der Waals surface area (Å²) in [6.45, 7) is 5.56. The first-order valence-corrected chi connectivity index (χ1v) is 8.92. The zero-order valence-electron chi connectivity index (χ0n) is 14.9. The molecule has 132 valence electrons. The second-order valence-electron chi connectivity index (χ2n) is 5.82. The first-order chi connectivity index (χ1) is 11.9. The standard InChI is InChI=1S/C20H22O4S/c1-13-9-14(2)20(15(3)10-13)18(21)11-24-19(22)12-25-17-7-5-16(23-4)6-8-17/h5-10H,11-12H2,1-4H3. The van der Waals surface area contributed by atoms with E-state index in [1.807, 2.05) is 57.2 Å². The number of carbonyl (C=O) groups is 2. The minimum atomic E-state index is -0.406. The molecule has 0 unspecified atom stereocenters. The number of esters is 1. The van der Waals surface area contributed by atoms with Gasteiger partial charge in [-0.15, -0.1) is 11.8 Å². The lowest BCUT2D eigenvalue weighted by atomic mass is 9.97. The first kappa shape index (κ1) is 19.1. The van der Waals surface area contributed by atoms with E-state index >= 15 is 0 Å². The van der Waals surface area contributed by atoms with E-state index in [1.54, 1.807) is 7.11 Å². The molecule has 25 heavy (non-hydrogen) atoms. The summed E-state index contributed by atoms with van der Waals surface area (Å²) in [5.41, 5.74) is 3.57. The van der Waals surface area contributed by atoms with Gasteiger partial charge in [-0.1, -0.05) is 17.7 Å². The molecule has 0 saturated carbocycles. The highest BCUT2D eigenvalue weighted by atomic mass is 32.2. The van der Waals surface area contributed by atoms with Crippen LogP contribution in [0.25, 0.3) is 0 Å². The van der Waals surface area contributed by atoms with Crippen molar-refractivity contribution in [1.29, 1.82) is 0 Å². The molecular weight excluding hydrogens is 336 g/mol. The van der Waals surface area contributed by atoms with Crippen molar-refractivity contribution in [3.63, 3.8) is 0 Å². The molecule has 2 rings (SSSR count). The molecule has 0 aromatic heterocycles. The monoisotopic (exact) mass is 358 g/mol. The SMILES string of the molecule is COc1ccc(SCC(=O)OCC(=O)c2c(C)cc(C)cc2C)cc1. The molecule has 2 aromatic carbocycles. The summed E-state index contributed by atoms with van der Waals surface area (Å²) in [4.78, 5) is 25.2. The highest BCUT2D eigenvalue weighted by Gasteiger charge is 2.15. The molecule has 0 bridgehead atoms. The molecule has 4 nitrogen and oxygen atoms in total. The lowest BCUT2D eigenvalue weighted by Gasteiger charge is -2.10. The molecule has 0 spiro atoms. The van der Waals surface area contributed by atoms with Gasteiger partial charge in [0.1, 0.15) is 5.75 Å². The maximum Gasteiger partial charge on any atom is 0.316 e. The zero-order valence-corrected chi connectivity index (χ0v) is 15.7. The predicted octanol–water partition coefficient (Wildman–Crippen LogP) is 4.14. The normalized spacial score (nSPS) is 10.4. The highest BCUT2D eigenvalue weighted by molar-refractivity contribution is 8.00. The largest absolute Gasteiger partial charge is 0.497 e. The Balaban J connectivity index is 1.86. The Kier molecular flexibility index (Phi) is 6.65. The van der Waals surface area contributed by atoms with Crippen molar-refractivity contribution in [2.75, 3.05) is 19.5 Å². The van der Waals surface area contributed by atoms with Gasteiger partial charge in [0.05, 0.1) is 12.9 Å². The molecule has 0 aliphatic heterocycles. The maximum atomic E-state index is 12.3. The molecule has 0 heterocycles. The van der Waals surface area contributed by atoms with Gasteiger partial charge < -0.3 is 9.47 Å². The second kappa shape index (κ2) is 8.72. The van der Waals surface area contributed by atoms with Crippen LogP contribution in [-0.2, 0) is 9.53 Å². The maximum absolute atomic E-state index is 12.3. The van der Waals surface area contributed by atoms with Gasteiger partial charge in [0.2, 0.25) is 5.78 Å². The van der Waals surface area contributed by atoms with Gasteiger partial charge in [-0.3, -0.25) is 9.59 Å². The van der Waals surface area contributed by atoms with Gasteiger partial charge >= 0.3 is 5.97 Å². The Labute approximate surface area is 152 Å². The summed E-state index contributed by atoms with van der Waals surface area (Å²) in [5.74, 6) is 0.349. The molecule has 0 N–H and O–H groups in total. The fourth-order valence-corrected chi connectivity index (χ4v) is 3.39. The summed E-state index contributed by atoms with van der Waals surface area (Å²) in [7, 11) is 1.61. The first-order valence-electron chi connectivity index (χ1n) is 7.94. The minimum absolute atomic E-state index is 0.158. The van der Waals surface area contributed by atoms with Crippen LogP contribution in [0.4, 0.5) is 0 Å². The smallest absolute Gasteiger partial charge is 0.316 e. The Morgan fingerprint density at radius 1 is 1.00 bits per heavy atom. The van der Waals surface area contributed by atoms with Crippen LogP contribution in [0.5, 0.6) is 5.75 Å². The number of ether oxygens (including phenoxy) is 2. The Morgan fingerprint density at radius 3 is 2.16 bits per heavy atom. The number of hydrogen-bond acceptors (Lipinski definition) is 5. The van der Waals surface area contributed by atoms with Crippen molar-refractivity contribution in [2.24, 2.45) is 0 Å². The van der Waals surface area contributed by atoms with Crippen LogP contribution >= 0.6 is 11.8 Å². The molecular formula is C20H22O4S.